The maximum Gasteiger partial charge on any atom is 0.327 e. The van der Waals surface area contributed by atoms with E-state index >= 15 is 0 Å². The van der Waals surface area contributed by atoms with Crippen LogP contribution in [0.1, 0.15) is 6.92 Å². The first-order chi connectivity index (χ1) is 8.02. The van der Waals surface area contributed by atoms with Gasteiger partial charge in [0.25, 0.3) is 0 Å². The van der Waals surface area contributed by atoms with E-state index in [2.05, 4.69) is 6.92 Å². The summed E-state index contributed by atoms with van der Waals surface area (Å²) in [5.74, 6) is -0.920. The van der Waals surface area contributed by atoms with Gasteiger partial charge in [0.05, 0.1) is 0 Å². The molecule has 0 aliphatic heterocycles. The van der Waals surface area contributed by atoms with Crippen molar-refractivity contribution in [1.29, 1.82) is 0 Å². The smallest absolute Gasteiger partial charge is 0.327 e. The minimum atomic E-state index is -0.920. The van der Waals surface area contributed by atoms with Gasteiger partial charge < -0.3 is 18.4 Å². The standard InChI is InChI=1S/C9H22O5Si3/c1-7(15-12-2)9(16-13-3,17-14-4)6-5-8(10)11/h5-7H,15-17H2,1-4H3,(H,10,11). The SMILES string of the molecule is CO[SiH2]C(C)C(C=CC(=O)O)([SiH2]OC)[SiH2]OC. The van der Waals surface area contributed by atoms with E-state index in [1.165, 1.54) is 6.08 Å². The zero-order chi connectivity index (χ0) is 13.3. The highest BCUT2D eigenvalue weighted by Crippen LogP contribution is 2.39. The van der Waals surface area contributed by atoms with Crippen LogP contribution in [0.2, 0.25) is 10.2 Å². The van der Waals surface area contributed by atoms with E-state index in [1.807, 2.05) is 0 Å². The molecular formula is C9H22O5Si3. The summed E-state index contributed by atoms with van der Waals surface area (Å²) in [5.41, 5.74) is 0.348. The average molecular weight is 295 g/mol. The molecule has 1 N–H and O–H groups in total. The van der Waals surface area contributed by atoms with E-state index < -0.39 is 35.3 Å². The average Bonchev–Trinajstić information content (AvgIpc) is 2.26. The quantitative estimate of drug-likeness (QED) is 0.425. The highest BCUT2D eigenvalue weighted by atomic mass is 28.3. The Kier molecular flexibility index (Phi) is 8.64. The van der Waals surface area contributed by atoms with Crippen LogP contribution in [-0.4, -0.2) is 61.7 Å². The van der Waals surface area contributed by atoms with E-state index in [9.17, 15) is 4.79 Å². The van der Waals surface area contributed by atoms with Crippen molar-refractivity contribution in [2.75, 3.05) is 21.3 Å². The lowest BCUT2D eigenvalue weighted by Crippen LogP contribution is -2.34. The third-order valence-electron chi connectivity index (χ3n) is 2.78. The normalized spacial score (nSPS) is 19.1. The second-order valence-corrected chi connectivity index (χ2v) is 11.6. The van der Waals surface area contributed by atoms with Crippen molar-refractivity contribution in [3.05, 3.63) is 12.2 Å². The molecule has 1 unspecified atom stereocenters. The van der Waals surface area contributed by atoms with Gasteiger partial charge in [-0.2, -0.15) is 0 Å². The number of hydrogen-bond donors (Lipinski definition) is 1. The van der Waals surface area contributed by atoms with E-state index in [4.69, 9.17) is 18.4 Å². The summed E-state index contributed by atoms with van der Waals surface area (Å²) in [6, 6.07) is 0. The minimum absolute atomic E-state index is 0.149. The number of allylic oxidation sites excluding steroid dienone is 1. The number of aliphatic carboxylic acids is 1. The highest BCUT2D eigenvalue weighted by Gasteiger charge is 2.36. The van der Waals surface area contributed by atoms with Gasteiger partial charge in [-0.1, -0.05) is 13.0 Å². The first-order valence-corrected chi connectivity index (χ1v) is 9.37. The molecule has 0 aliphatic carbocycles. The van der Waals surface area contributed by atoms with E-state index in [1.54, 1.807) is 27.4 Å². The Morgan fingerprint density at radius 2 is 1.76 bits per heavy atom. The predicted octanol–water partition coefficient (Wildman–Crippen LogP) is -1.26. The van der Waals surface area contributed by atoms with Crippen LogP contribution < -0.4 is 0 Å². The third-order valence-corrected chi connectivity index (χ3v) is 10.3. The van der Waals surface area contributed by atoms with Crippen LogP contribution in [0.5, 0.6) is 0 Å². The van der Waals surface area contributed by atoms with Crippen LogP contribution in [0.3, 0.4) is 0 Å². The fraction of sp³-hybridized carbons (Fsp3) is 0.667. The zero-order valence-electron chi connectivity index (χ0n) is 10.9. The van der Waals surface area contributed by atoms with Crippen molar-refractivity contribution in [3.63, 3.8) is 0 Å². The van der Waals surface area contributed by atoms with Gasteiger partial charge >= 0.3 is 5.97 Å². The molecule has 1 atom stereocenters. The van der Waals surface area contributed by atoms with Gasteiger partial charge in [0.2, 0.25) is 0 Å². The number of carboxylic acids is 1. The molecule has 0 fully saturated rings. The topological polar surface area (TPSA) is 65.0 Å². The Labute approximate surface area is 109 Å². The van der Waals surface area contributed by atoms with Crippen LogP contribution in [0.25, 0.3) is 0 Å². The monoisotopic (exact) mass is 294 g/mol. The molecule has 0 rings (SSSR count). The van der Waals surface area contributed by atoms with Gasteiger partial charge in [-0.05, 0) is 5.54 Å². The lowest BCUT2D eigenvalue weighted by Gasteiger charge is -2.33. The molecule has 100 valence electrons. The molecule has 8 heteroatoms. The fourth-order valence-corrected chi connectivity index (χ4v) is 7.79. The summed E-state index contributed by atoms with van der Waals surface area (Å²) in [4.78, 5) is 10.7. The van der Waals surface area contributed by atoms with Crippen molar-refractivity contribution in [1.82, 2.24) is 0 Å². The molecule has 0 spiro atoms. The van der Waals surface area contributed by atoms with Crippen molar-refractivity contribution in [2.45, 2.75) is 17.1 Å². The van der Waals surface area contributed by atoms with Gasteiger partial charge in [0, 0.05) is 32.1 Å². The Hall–Kier alpha value is -0.259. The molecule has 0 amide bonds. The van der Waals surface area contributed by atoms with Crippen LogP contribution in [0.4, 0.5) is 0 Å². The molecule has 0 radical (unpaired) electrons. The molecule has 0 aliphatic rings. The molecule has 0 aromatic rings. The van der Waals surface area contributed by atoms with Gasteiger partial charge in [-0.3, -0.25) is 0 Å². The Balaban J connectivity index is 5.02. The van der Waals surface area contributed by atoms with Gasteiger partial charge in [-0.15, -0.1) is 0 Å². The molecule has 0 aromatic carbocycles. The Morgan fingerprint density at radius 1 is 1.24 bits per heavy atom. The molecular weight excluding hydrogens is 272 g/mol. The maximum atomic E-state index is 10.7. The lowest BCUT2D eigenvalue weighted by atomic mass is 10.3. The van der Waals surface area contributed by atoms with E-state index in [0.29, 0.717) is 5.54 Å². The Bertz CT molecular complexity index is 253. The molecule has 0 saturated carbocycles. The van der Waals surface area contributed by atoms with Crippen molar-refractivity contribution >= 4 is 35.3 Å². The summed E-state index contributed by atoms with van der Waals surface area (Å²) >= 11 is 0. The molecule has 5 nitrogen and oxygen atoms in total. The number of carboxylic acid groups (broad SMARTS) is 1. The molecule has 0 heterocycles. The molecule has 0 bridgehead atoms. The van der Waals surface area contributed by atoms with Crippen LogP contribution in [0, 0.1) is 0 Å². The summed E-state index contributed by atoms with van der Waals surface area (Å²) < 4.78 is 15.9. The fourth-order valence-electron chi connectivity index (χ4n) is 1.78. The minimum Gasteiger partial charge on any atom is -0.478 e. The predicted molar refractivity (Wildman–Crippen MR) is 75.6 cm³/mol. The summed E-state index contributed by atoms with van der Waals surface area (Å²) in [7, 11) is 2.69. The summed E-state index contributed by atoms with van der Waals surface area (Å²) in [5, 5.41) is 8.77. The lowest BCUT2D eigenvalue weighted by molar-refractivity contribution is -0.131. The number of hydrogen-bond acceptors (Lipinski definition) is 4. The second-order valence-electron chi connectivity index (χ2n) is 4.13. The number of rotatable bonds is 9. The Morgan fingerprint density at radius 3 is 2.12 bits per heavy atom. The summed E-state index contributed by atoms with van der Waals surface area (Å²) in [6.07, 6.45) is 3.01. The van der Waals surface area contributed by atoms with Crippen LogP contribution >= 0.6 is 0 Å². The van der Waals surface area contributed by atoms with Gasteiger partial charge in [0.15, 0.2) is 29.3 Å². The first-order valence-electron chi connectivity index (χ1n) is 5.41. The van der Waals surface area contributed by atoms with E-state index in [0.717, 1.165) is 0 Å². The molecule has 0 aromatic heterocycles. The largest absolute Gasteiger partial charge is 0.478 e. The van der Waals surface area contributed by atoms with Crippen molar-refractivity contribution < 1.29 is 23.2 Å². The van der Waals surface area contributed by atoms with Crippen molar-refractivity contribution in [2.24, 2.45) is 0 Å². The van der Waals surface area contributed by atoms with Crippen LogP contribution in [0.15, 0.2) is 12.2 Å². The third kappa shape index (κ3) is 5.75. The molecule has 0 saturated heterocycles. The molecule has 17 heavy (non-hydrogen) atoms. The maximum absolute atomic E-state index is 10.7. The highest BCUT2D eigenvalue weighted by molar-refractivity contribution is 6.60. The van der Waals surface area contributed by atoms with Crippen LogP contribution in [-0.2, 0) is 18.1 Å². The van der Waals surface area contributed by atoms with Gasteiger partial charge in [-0.25, -0.2) is 4.79 Å². The summed E-state index contributed by atoms with van der Waals surface area (Å²) in [6.45, 7) is 2.11. The van der Waals surface area contributed by atoms with Gasteiger partial charge in [0.1, 0.15) is 0 Å². The first kappa shape index (κ1) is 16.7. The van der Waals surface area contributed by atoms with E-state index in [-0.39, 0.29) is 4.66 Å². The second kappa shape index (κ2) is 8.78. The van der Waals surface area contributed by atoms with Crippen molar-refractivity contribution in [3.8, 4) is 0 Å². The number of carbonyl (C=O) groups is 1. The zero-order valence-corrected chi connectivity index (χ0v) is 15.2.